The minimum Gasteiger partial charge on any atom is -0.338 e. The van der Waals surface area contributed by atoms with Crippen molar-refractivity contribution in [1.29, 1.82) is 0 Å². The molecule has 0 saturated heterocycles. The Morgan fingerprint density at radius 3 is 2.78 bits per heavy atom. The second-order valence-corrected chi connectivity index (χ2v) is 2.79. The SMILES string of the molecule is NN1C=C(Cl)NC(Br)=C1. The van der Waals surface area contributed by atoms with E-state index in [1.54, 1.807) is 12.4 Å². The molecule has 1 heterocycles. The summed E-state index contributed by atoms with van der Waals surface area (Å²) in [4.78, 5) is 0. The highest BCUT2D eigenvalue weighted by Crippen LogP contribution is 2.12. The highest BCUT2D eigenvalue weighted by atomic mass is 79.9. The number of hydrazine groups is 1. The highest BCUT2D eigenvalue weighted by Gasteiger charge is 2.02. The minimum atomic E-state index is 0.492. The standard InChI is InChI=1S/C4H5BrClN3/c5-3-1-9(7)2-4(6)8-3/h1-2,8H,7H2. The third-order valence-corrected chi connectivity index (χ3v) is 1.36. The van der Waals surface area contributed by atoms with Crippen molar-refractivity contribution in [2.24, 2.45) is 5.84 Å². The number of nitrogens with two attached hydrogens (primary N) is 1. The Kier molecular flexibility index (Phi) is 2.00. The number of rotatable bonds is 0. The van der Waals surface area contributed by atoms with Gasteiger partial charge in [0, 0.05) is 0 Å². The predicted molar refractivity (Wildman–Crippen MR) is 40.1 cm³/mol. The van der Waals surface area contributed by atoms with E-state index in [-0.39, 0.29) is 0 Å². The third-order valence-electron chi connectivity index (χ3n) is 0.764. The second-order valence-electron chi connectivity index (χ2n) is 1.53. The number of nitrogens with zero attached hydrogens (tertiary/aromatic N) is 1. The fourth-order valence-corrected chi connectivity index (χ4v) is 1.26. The van der Waals surface area contributed by atoms with Crippen molar-refractivity contribution in [2.75, 3.05) is 0 Å². The number of halogens is 2. The first-order valence-corrected chi connectivity index (χ1v) is 3.40. The molecule has 50 valence electrons. The Morgan fingerprint density at radius 2 is 2.33 bits per heavy atom. The molecule has 0 bridgehead atoms. The van der Waals surface area contributed by atoms with Crippen LogP contribution in [0.5, 0.6) is 0 Å². The van der Waals surface area contributed by atoms with E-state index >= 15 is 0 Å². The molecule has 0 saturated carbocycles. The first-order chi connectivity index (χ1) is 4.18. The lowest BCUT2D eigenvalue weighted by Crippen LogP contribution is -2.25. The van der Waals surface area contributed by atoms with Gasteiger partial charge in [-0.1, -0.05) is 11.6 Å². The van der Waals surface area contributed by atoms with Crippen LogP contribution in [0.4, 0.5) is 0 Å². The Bertz CT molecular complexity index is 159. The van der Waals surface area contributed by atoms with Gasteiger partial charge in [-0.15, -0.1) is 0 Å². The molecule has 3 N–H and O–H groups in total. The van der Waals surface area contributed by atoms with Gasteiger partial charge in [-0.05, 0) is 15.9 Å². The summed E-state index contributed by atoms with van der Waals surface area (Å²) >= 11 is 8.74. The quantitative estimate of drug-likeness (QED) is 0.463. The molecule has 1 aliphatic heterocycles. The lowest BCUT2D eigenvalue weighted by atomic mass is 10.7. The highest BCUT2D eigenvalue weighted by molar-refractivity contribution is 9.11. The molecule has 5 heteroatoms. The van der Waals surface area contributed by atoms with Crippen LogP contribution in [0, 0.1) is 0 Å². The zero-order chi connectivity index (χ0) is 6.85. The second kappa shape index (κ2) is 2.60. The maximum absolute atomic E-state index is 5.56. The van der Waals surface area contributed by atoms with Crippen molar-refractivity contribution in [3.8, 4) is 0 Å². The normalized spacial score (nSPS) is 18.3. The van der Waals surface area contributed by atoms with Crippen LogP contribution in [-0.2, 0) is 0 Å². The summed E-state index contributed by atoms with van der Waals surface area (Å²) in [5.41, 5.74) is 0. The lowest BCUT2D eigenvalue weighted by molar-refractivity contribution is 0.521. The molecule has 0 aromatic heterocycles. The van der Waals surface area contributed by atoms with Crippen molar-refractivity contribution in [1.82, 2.24) is 10.3 Å². The summed E-state index contributed by atoms with van der Waals surface area (Å²) in [6, 6.07) is 0. The number of hydrogen-bond donors (Lipinski definition) is 2. The van der Waals surface area contributed by atoms with E-state index in [0.717, 1.165) is 4.61 Å². The summed E-state index contributed by atoms with van der Waals surface area (Å²) in [5, 5.41) is 4.65. The van der Waals surface area contributed by atoms with Crippen LogP contribution in [0.2, 0.25) is 0 Å². The monoisotopic (exact) mass is 209 g/mol. The van der Waals surface area contributed by atoms with Crippen LogP contribution in [0.3, 0.4) is 0 Å². The van der Waals surface area contributed by atoms with E-state index in [0.29, 0.717) is 5.16 Å². The van der Waals surface area contributed by atoms with Crippen molar-refractivity contribution < 1.29 is 0 Å². The molecule has 1 rings (SSSR count). The topological polar surface area (TPSA) is 41.3 Å². The number of nitrogens with one attached hydrogen (secondary N) is 1. The summed E-state index contributed by atoms with van der Waals surface area (Å²) < 4.78 is 0.748. The molecule has 0 aliphatic carbocycles. The zero-order valence-corrected chi connectivity index (χ0v) is 6.78. The number of hydrogen-bond acceptors (Lipinski definition) is 3. The van der Waals surface area contributed by atoms with Gasteiger partial charge >= 0.3 is 0 Å². The summed E-state index contributed by atoms with van der Waals surface area (Å²) in [7, 11) is 0. The zero-order valence-electron chi connectivity index (χ0n) is 4.44. The van der Waals surface area contributed by atoms with Crippen LogP contribution < -0.4 is 11.2 Å². The molecule has 0 radical (unpaired) electrons. The fourth-order valence-electron chi connectivity index (χ4n) is 0.478. The Hall–Kier alpha value is -0.190. The molecule has 0 unspecified atom stereocenters. The minimum absolute atomic E-state index is 0.492. The molecule has 0 aromatic carbocycles. The molecular formula is C4H5BrClN3. The molecular weight excluding hydrogens is 205 g/mol. The smallest absolute Gasteiger partial charge is 0.125 e. The van der Waals surface area contributed by atoms with Gasteiger partial charge in [0.15, 0.2) is 0 Å². The molecule has 0 aromatic rings. The van der Waals surface area contributed by atoms with Crippen molar-refractivity contribution >= 4 is 27.5 Å². The lowest BCUT2D eigenvalue weighted by Gasteiger charge is -2.15. The molecule has 0 spiro atoms. The van der Waals surface area contributed by atoms with Crippen LogP contribution in [-0.4, -0.2) is 5.01 Å². The van der Waals surface area contributed by atoms with E-state index in [1.807, 2.05) is 0 Å². The molecule has 1 aliphatic rings. The van der Waals surface area contributed by atoms with E-state index in [9.17, 15) is 0 Å². The first kappa shape index (κ1) is 6.92. The van der Waals surface area contributed by atoms with Gasteiger partial charge in [0.25, 0.3) is 0 Å². The Morgan fingerprint density at radius 1 is 1.67 bits per heavy atom. The summed E-state index contributed by atoms with van der Waals surface area (Å²) in [5.74, 6) is 5.34. The van der Waals surface area contributed by atoms with E-state index in [1.165, 1.54) is 5.01 Å². The molecule has 9 heavy (non-hydrogen) atoms. The van der Waals surface area contributed by atoms with Gasteiger partial charge in [-0.2, -0.15) is 0 Å². The average molecular weight is 210 g/mol. The van der Waals surface area contributed by atoms with E-state index < -0.39 is 0 Å². The van der Waals surface area contributed by atoms with Gasteiger partial charge < -0.3 is 5.32 Å². The largest absolute Gasteiger partial charge is 0.338 e. The van der Waals surface area contributed by atoms with Crippen LogP contribution >= 0.6 is 27.5 Å². The van der Waals surface area contributed by atoms with Crippen molar-refractivity contribution in [3.63, 3.8) is 0 Å². The van der Waals surface area contributed by atoms with Crippen LogP contribution in [0.1, 0.15) is 0 Å². The maximum atomic E-state index is 5.56. The maximum Gasteiger partial charge on any atom is 0.125 e. The summed E-state index contributed by atoms with van der Waals surface area (Å²) in [6.07, 6.45) is 3.22. The van der Waals surface area contributed by atoms with Crippen LogP contribution in [0.25, 0.3) is 0 Å². The predicted octanol–water partition coefficient (Wildman–Crippen LogP) is 0.997. The molecule has 0 atom stereocenters. The third kappa shape index (κ3) is 1.89. The van der Waals surface area contributed by atoms with Gasteiger partial charge in [-0.3, -0.25) is 5.01 Å². The Balaban J connectivity index is 2.69. The first-order valence-electron chi connectivity index (χ1n) is 2.23. The molecule has 0 fully saturated rings. The average Bonchev–Trinajstić information content (AvgIpc) is 1.59. The van der Waals surface area contributed by atoms with Gasteiger partial charge in [0.05, 0.1) is 12.4 Å². The molecule has 3 nitrogen and oxygen atoms in total. The van der Waals surface area contributed by atoms with E-state index in [4.69, 9.17) is 17.4 Å². The fraction of sp³-hybridized carbons (Fsp3) is 0. The van der Waals surface area contributed by atoms with Gasteiger partial charge in [-0.25, -0.2) is 5.84 Å². The van der Waals surface area contributed by atoms with Gasteiger partial charge in [0.2, 0.25) is 0 Å². The van der Waals surface area contributed by atoms with Crippen molar-refractivity contribution in [2.45, 2.75) is 0 Å². The van der Waals surface area contributed by atoms with E-state index in [2.05, 4.69) is 21.2 Å². The van der Waals surface area contributed by atoms with Crippen molar-refractivity contribution in [3.05, 3.63) is 22.2 Å². The van der Waals surface area contributed by atoms with Crippen LogP contribution in [0.15, 0.2) is 22.2 Å². The van der Waals surface area contributed by atoms with Gasteiger partial charge in [0.1, 0.15) is 9.76 Å². The molecule has 0 amide bonds. The summed E-state index contributed by atoms with van der Waals surface area (Å²) in [6.45, 7) is 0. The Labute approximate surface area is 66.2 Å².